The van der Waals surface area contributed by atoms with Crippen LogP contribution in [-0.2, 0) is 16.0 Å². The summed E-state index contributed by atoms with van der Waals surface area (Å²) in [4.78, 5) is 19.8. The van der Waals surface area contributed by atoms with Gasteiger partial charge in [-0.2, -0.15) is 0 Å². The first-order chi connectivity index (χ1) is 12.3. The zero-order valence-corrected chi connectivity index (χ0v) is 15.2. The van der Waals surface area contributed by atoms with Crippen LogP contribution in [-0.4, -0.2) is 43.7 Å². The Balaban J connectivity index is 1.54. The van der Waals surface area contributed by atoms with Crippen molar-refractivity contribution < 1.29 is 9.53 Å². The standard InChI is InChI=1S/C19H23N3O2S/c1-24-10-9-20-17(23)16-11-15-19(22(16)12-13-7-8-13)25-18(21-15)14-5-3-2-4-6-14/h2-6,13,16H,7-12H2,1H3,(H,20,23). The van der Waals surface area contributed by atoms with Crippen LogP contribution in [0.3, 0.4) is 0 Å². The zero-order chi connectivity index (χ0) is 17.2. The van der Waals surface area contributed by atoms with Crippen LogP contribution < -0.4 is 10.2 Å². The van der Waals surface area contributed by atoms with Crippen LogP contribution in [0.25, 0.3) is 10.6 Å². The Kier molecular flexibility index (Phi) is 4.72. The number of benzene rings is 1. The molecular weight excluding hydrogens is 334 g/mol. The van der Waals surface area contributed by atoms with E-state index in [1.54, 1.807) is 18.4 Å². The number of hydrogen-bond donors (Lipinski definition) is 1. The molecule has 1 aromatic carbocycles. The van der Waals surface area contributed by atoms with Crippen molar-refractivity contribution in [1.29, 1.82) is 0 Å². The number of nitrogens with zero attached hydrogens (tertiary/aromatic N) is 2. The summed E-state index contributed by atoms with van der Waals surface area (Å²) >= 11 is 1.71. The van der Waals surface area contributed by atoms with Gasteiger partial charge in [0, 0.05) is 32.2 Å². The molecule has 1 saturated carbocycles. The van der Waals surface area contributed by atoms with Crippen molar-refractivity contribution in [3.8, 4) is 10.6 Å². The highest BCUT2D eigenvalue weighted by Gasteiger charge is 2.40. The monoisotopic (exact) mass is 357 g/mol. The van der Waals surface area contributed by atoms with Crippen LogP contribution >= 0.6 is 11.3 Å². The minimum atomic E-state index is -0.129. The van der Waals surface area contributed by atoms with Crippen LogP contribution in [0.4, 0.5) is 5.00 Å². The van der Waals surface area contributed by atoms with Crippen molar-refractivity contribution in [3.05, 3.63) is 36.0 Å². The molecule has 1 aliphatic heterocycles. The van der Waals surface area contributed by atoms with Gasteiger partial charge in [0.25, 0.3) is 0 Å². The predicted molar refractivity (Wildman–Crippen MR) is 100.0 cm³/mol. The second-order valence-corrected chi connectivity index (χ2v) is 7.71. The molecule has 0 radical (unpaired) electrons. The first-order valence-corrected chi connectivity index (χ1v) is 9.66. The predicted octanol–water partition coefficient (Wildman–Crippen LogP) is 2.71. The van der Waals surface area contributed by atoms with Gasteiger partial charge in [0.1, 0.15) is 16.1 Å². The number of carbonyl (C=O) groups excluding carboxylic acids is 1. The molecule has 25 heavy (non-hydrogen) atoms. The fraction of sp³-hybridized carbons (Fsp3) is 0.474. The summed E-state index contributed by atoms with van der Waals surface area (Å²) < 4.78 is 5.03. The van der Waals surface area contributed by atoms with Crippen LogP contribution in [0.15, 0.2) is 30.3 Å². The highest BCUT2D eigenvalue weighted by molar-refractivity contribution is 7.19. The molecule has 5 nitrogen and oxygen atoms in total. The fourth-order valence-electron chi connectivity index (χ4n) is 3.26. The van der Waals surface area contributed by atoms with Gasteiger partial charge >= 0.3 is 0 Å². The lowest BCUT2D eigenvalue weighted by Crippen LogP contribution is -2.46. The molecule has 1 fully saturated rings. The van der Waals surface area contributed by atoms with Gasteiger partial charge in [-0.05, 0) is 18.8 Å². The Bertz CT molecular complexity index is 742. The van der Waals surface area contributed by atoms with E-state index >= 15 is 0 Å². The van der Waals surface area contributed by atoms with E-state index in [0.29, 0.717) is 19.6 Å². The van der Waals surface area contributed by atoms with E-state index in [2.05, 4.69) is 22.3 Å². The Labute approximate surface area is 152 Å². The molecule has 6 heteroatoms. The normalized spacial score (nSPS) is 19.1. The molecule has 2 aromatic rings. The summed E-state index contributed by atoms with van der Waals surface area (Å²) in [5.41, 5.74) is 2.21. The summed E-state index contributed by atoms with van der Waals surface area (Å²) in [7, 11) is 1.65. The van der Waals surface area contributed by atoms with Gasteiger partial charge in [-0.25, -0.2) is 4.98 Å². The Hall–Kier alpha value is -1.92. The molecule has 2 aliphatic rings. The van der Waals surface area contributed by atoms with Crippen molar-refractivity contribution in [1.82, 2.24) is 10.3 Å². The Morgan fingerprint density at radius 1 is 1.36 bits per heavy atom. The van der Waals surface area contributed by atoms with Gasteiger partial charge in [-0.15, -0.1) is 0 Å². The number of aromatic nitrogens is 1. The maximum Gasteiger partial charge on any atom is 0.243 e. The van der Waals surface area contributed by atoms with Gasteiger partial charge in [0.2, 0.25) is 5.91 Å². The molecule has 1 amide bonds. The lowest BCUT2D eigenvalue weighted by Gasteiger charge is -2.25. The van der Waals surface area contributed by atoms with Gasteiger partial charge in [-0.1, -0.05) is 41.7 Å². The number of amides is 1. The van der Waals surface area contributed by atoms with Gasteiger partial charge in [0.05, 0.1) is 12.3 Å². The van der Waals surface area contributed by atoms with Crippen molar-refractivity contribution in [2.75, 3.05) is 31.7 Å². The minimum Gasteiger partial charge on any atom is -0.383 e. The third kappa shape index (κ3) is 3.55. The van der Waals surface area contributed by atoms with Crippen molar-refractivity contribution in [3.63, 3.8) is 0 Å². The number of carbonyl (C=O) groups is 1. The van der Waals surface area contributed by atoms with Crippen molar-refractivity contribution in [2.24, 2.45) is 5.92 Å². The third-order valence-corrected chi connectivity index (χ3v) is 5.96. The SMILES string of the molecule is COCCNC(=O)C1Cc2nc(-c3ccccc3)sc2N1CC1CC1. The largest absolute Gasteiger partial charge is 0.383 e. The fourth-order valence-corrected chi connectivity index (χ4v) is 4.42. The van der Waals surface area contributed by atoms with Gasteiger partial charge in [-0.3, -0.25) is 4.79 Å². The lowest BCUT2D eigenvalue weighted by atomic mass is 10.2. The van der Waals surface area contributed by atoms with Gasteiger partial charge in [0.15, 0.2) is 0 Å². The molecule has 1 unspecified atom stereocenters. The molecule has 1 atom stereocenters. The number of fused-ring (bicyclic) bond motifs is 1. The van der Waals surface area contributed by atoms with Gasteiger partial charge < -0.3 is 15.0 Å². The van der Waals surface area contributed by atoms with E-state index in [-0.39, 0.29) is 11.9 Å². The summed E-state index contributed by atoms with van der Waals surface area (Å²) in [5, 5.41) is 5.22. The zero-order valence-electron chi connectivity index (χ0n) is 14.4. The molecular formula is C19H23N3O2S. The van der Waals surface area contributed by atoms with E-state index in [1.807, 2.05) is 18.2 Å². The quantitative estimate of drug-likeness (QED) is 0.774. The smallest absolute Gasteiger partial charge is 0.243 e. The number of thiazole rings is 1. The minimum absolute atomic E-state index is 0.0872. The van der Waals surface area contributed by atoms with E-state index in [9.17, 15) is 4.79 Å². The maximum absolute atomic E-state index is 12.6. The highest BCUT2D eigenvalue weighted by Crippen LogP contribution is 2.43. The van der Waals surface area contributed by atoms with Crippen LogP contribution in [0, 0.1) is 5.92 Å². The Morgan fingerprint density at radius 3 is 2.88 bits per heavy atom. The van der Waals surface area contributed by atoms with E-state index in [4.69, 9.17) is 9.72 Å². The average molecular weight is 357 g/mol. The molecule has 1 N–H and O–H groups in total. The van der Waals surface area contributed by atoms with Crippen molar-refractivity contribution >= 4 is 22.2 Å². The highest BCUT2D eigenvalue weighted by atomic mass is 32.1. The van der Waals surface area contributed by atoms with E-state index < -0.39 is 0 Å². The number of nitrogens with one attached hydrogen (secondary N) is 1. The number of ether oxygens (including phenoxy) is 1. The van der Waals surface area contributed by atoms with Crippen LogP contribution in [0.5, 0.6) is 0 Å². The first kappa shape index (κ1) is 16.5. The number of methoxy groups -OCH3 is 1. The lowest BCUT2D eigenvalue weighted by molar-refractivity contribution is -0.122. The molecule has 1 aromatic heterocycles. The molecule has 0 bridgehead atoms. The molecule has 132 valence electrons. The molecule has 4 rings (SSSR count). The Morgan fingerprint density at radius 2 is 2.16 bits per heavy atom. The van der Waals surface area contributed by atoms with Crippen molar-refractivity contribution in [2.45, 2.75) is 25.3 Å². The maximum atomic E-state index is 12.6. The van der Waals surface area contributed by atoms with E-state index in [1.165, 1.54) is 17.8 Å². The molecule has 2 heterocycles. The number of hydrogen-bond acceptors (Lipinski definition) is 5. The molecule has 1 aliphatic carbocycles. The number of anilines is 1. The van der Waals surface area contributed by atoms with Crippen LogP contribution in [0.1, 0.15) is 18.5 Å². The summed E-state index contributed by atoms with van der Waals surface area (Å²) in [6.45, 7) is 2.06. The second-order valence-electron chi connectivity index (χ2n) is 6.74. The first-order valence-electron chi connectivity index (χ1n) is 8.84. The summed E-state index contributed by atoms with van der Waals surface area (Å²) in [5.74, 6) is 0.812. The average Bonchev–Trinajstić information content (AvgIpc) is 3.25. The summed E-state index contributed by atoms with van der Waals surface area (Å²) in [6, 6.07) is 10.1. The second kappa shape index (κ2) is 7.14. The van der Waals surface area contributed by atoms with Crippen LogP contribution in [0.2, 0.25) is 0 Å². The topological polar surface area (TPSA) is 54.5 Å². The molecule has 0 spiro atoms. The third-order valence-electron chi connectivity index (χ3n) is 4.78. The van der Waals surface area contributed by atoms with E-state index in [0.717, 1.165) is 28.7 Å². The number of rotatable bonds is 7. The summed E-state index contributed by atoms with van der Waals surface area (Å²) in [6.07, 6.45) is 3.24. The molecule has 0 saturated heterocycles.